The highest BCUT2D eigenvalue weighted by molar-refractivity contribution is 5.90. The Bertz CT molecular complexity index is 884. The molecule has 1 aromatic heterocycles. The second kappa shape index (κ2) is 10.2. The number of carbonyl (C=O) groups is 1. The molecule has 1 atom stereocenters. The van der Waals surface area contributed by atoms with Crippen molar-refractivity contribution >= 4 is 17.6 Å². The number of furan rings is 1. The summed E-state index contributed by atoms with van der Waals surface area (Å²) >= 11 is 0. The van der Waals surface area contributed by atoms with Gasteiger partial charge in [-0.3, -0.25) is 0 Å². The molecule has 0 radical (unpaired) electrons. The molecule has 1 aromatic carbocycles. The minimum absolute atomic E-state index is 0.0920. The first-order valence-corrected chi connectivity index (χ1v) is 10.6. The summed E-state index contributed by atoms with van der Waals surface area (Å²) in [4.78, 5) is 18.8. The lowest BCUT2D eigenvalue weighted by Crippen LogP contribution is -2.38. The molecule has 2 aromatic rings. The second-order valence-corrected chi connectivity index (χ2v) is 7.52. The molecule has 0 amide bonds. The molecule has 1 unspecified atom stereocenters. The number of hydrogen-bond acceptors (Lipinski definition) is 5. The molecule has 0 spiro atoms. The van der Waals surface area contributed by atoms with Gasteiger partial charge >= 0.3 is 5.97 Å². The van der Waals surface area contributed by atoms with Crippen LogP contribution in [0.1, 0.15) is 60.2 Å². The molecule has 1 saturated heterocycles. The van der Waals surface area contributed by atoms with Gasteiger partial charge in [-0.25, -0.2) is 9.79 Å². The smallest absolute Gasteiger partial charge is 0.341 e. The Balaban J connectivity index is 1.69. The number of nitrogens with one attached hydrogen (secondary N) is 2. The SMILES string of the molecule is CCNC(=NCc1cc(C(=O)OC)c(C)o1)NC(C)c1cccc(N2CCCC2)c1. The van der Waals surface area contributed by atoms with E-state index in [1.165, 1.54) is 31.2 Å². The summed E-state index contributed by atoms with van der Waals surface area (Å²) in [5.41, 5.74) is 2.93. The number of aliphatic imine (C=N–C) groups is 1. The standard InChI is InChI=1S/C23H32N4O3/c1-5-24-23(25-15-20-14-21(17(3)30-20)22(28)29-4)26-16(2)18-9-8-10-19(13-18)27-11-6-7-12-27/h8-10,13-14,16H,5-7,11-12,15H2,1-4H3,(H2,24,25,26). The predicted molar refractivity (Wildman–Crippen MR) is 119 cm³/mol. The van der Waals surface area contributed by atoms with Gasteiger partial charge in [-0.05, 0) is 57.4 Å². The highest BCUT2D eigenvalue weighted by Crippen LogP contribution is 2.24. The lowest BCUT2D eigenvalue weighted by Gasteiger charge is -2.22. The summed E-state index contributed by atoms with van der Waals surface area (Å²) < 4.78 is 10.4. The average molecular weight is 413 g/mol. The maximum absolute atomic E-state index is 11.8. The summed E-state index contributed by atoms with van der Waals surface area (Å²) in [5.74, 6) is 1.46. The number of guanidine groups is 1. The second-order valence-electron chi connectivity index (χ2n) is 7.52. The van der Waals surface area contributed by atoms with Crippen LogP contribution in [0.4, 0.5) is 5.69 Å². The van der Waals surface area contributed by atoms with Crippen LogP contribution in [0.15, 0.2) is 39.7 Å². The number of esters is 1. The molecule has 0 bridgehead atoms. The molecule has 0 aliphatic carbocycles. The minimum Gasteiger partial charge on any atom is -0.465 e. The van der Waals surface area contributed by atoms with E-state index in [1.807, 2.05) is 6.92 Å². The van der Waals surface area contributed by atoms with Gasteiger partial charge in [0.25, 0.3) is 0 Å². The van der Waals surface area contributed by atoms with E-state index in [1.54, 1.807) is 13.0 Å². The fourth-order valence-corrected chi connectivity index (χ4v) is 3.67. The molecular weight excluding hydrogens is 380 g/mol. The highest BCUT2D eigenvalue weighted by Gasteiger charge is 2.16. The first kappa shape index (κ1) is 21.7. The Morgan fingerprint density at radius 1 is 1.30 bits per heavy atom. The molecule has 0 saturated carbocycles. The van der Waals surface area contributed by atoms with Crippen LogP contribution < -0.4 is 15.5 Å². The number of rotatable bonds is 7. The molecule has 162 valence electrons. The van der Waals surface area contributed by atoms with Crippen molar-refractivity contribution < 1.29 is 13.9 Å². The number of methoxy groups -OCH3 is 1. The Hall–Kier alpha value is -2.96. The largest absolute Gasteiger partial charge is 0.465 e. The van der Waals surface area contributed by atoms with Crippen molar-refractivity contribution in [3.8, 4) is 0 Å². The first-order valence-electron chi connectivity index (χ1n) is 10.6. The number of ether oxygens (including phenoxy) is 1. The summed E-state index contributed by atoms with van der Waals surface area (Å²) in [6, 6.07) is 10.5. The molecule has 7 heteroatoms. The molecule has 2 heterocycles. The van der Waals surface area contributed by atoms with E-state index < -0.39 is 5.97 Å². The van der Waals surface area contributed by atoms with Crippen LogP contribution in [-0.4, -0.2) is 38.7 Å². The zero-order chi connectivity index (χ0) is 21.5. The van der Waals surface area contributed by atoms with Crippen LogP contribution in [-0.2, 0) is 11.3 Å². The van der Waals surface area contributed by atoms with Gasteiger partial charge in [-0.15, -0.1) is 0 Å². The van der Waals surface area contributed by atoms with E-state index in [0.717, 1.165) is 19.6 Å². The fourth-order valence-electron chi connectivity index (χ4n) is 3.67. The van der Waals surface area contributed by atoms with Crippen molar-refractivity contribution in [3.05, 3.63) is 53.0 Å². The monoisotopic (exact) mass is 412 g/mol. The van der Waals surface area contributed by atoms with Crippen LogP contribution in [0, 0.1) is 6.92 Å². The normalized spacial score (nSPS) is 15.2. The Morgan fingerprint density at radius 2 is 2.07 bits per heavy atom. The van der Waals surface area contributed by atoms with Crippen molar-refractivity contribution in [3.63, 3.8) is 0 Å². The minimum atomic E-state index is -0.400. The maximum Gasteiger partial charge on any atom is 0.341 e. The quantitative estimate of drug-likeness (QED) is 0.409. The number of anilines is 1. The summed E-state index contributed by atoms with van der Waals surface area (Å²) in [5, 5.41) is 6.74. The molecule has 30 heavy (non-hydrogen) atoms. The lowest BCUT2D eigenvalue weighted by atomic mass is 10.1. The summed E-state index contributed by atoms with van der Waals surface area (Å²) in [6.07, 6.45) is 2.53. The van der Waals surface area contributed by atoms with Crippen LogP contribution in [0.5, 0.6) is 0 Å². The molecule has 1 fully saturated rings. The Kier molecular flexibility index (Phi) is 7.38. The van der Waals surface area contributed by atoms with E-state index in [9.17, 15) is 4.79 Å². The summed E-state index contributed by atoms with van der Waals surface area (Å²) in [6.45, 7) is 9.24. The van der Waals surface area contributed by atoms with E-state index in [0.29, 0.717) is 29.6 Å². The molecule has 2 N–H and O–H groups in total. The van der Waals surface area contributed by atoms with Gasteiger partial charge in [0.15, 0.2) is 5.96 Å². The lowest BCUT2D eigenvalue weighted by molar-refractivity contribution is 0.0599. The highest BCUT2D eigenvalue weighted by atomic mass is 16.5. The summed E-state index contributed by atoms with van der Waals surface area (Å²) in [7, 11) is 1.36. The maximum atomic E-state index is 11.8. The van der Waals surface area contributed by atoms with Crippen LogP contribution in [0.25, 0.3) is 0 Å². The van der Waals surface area contributed by atoms with Gasteiger partial charge in [0.2, 0.25) is 0 Å². The number of aryl methyl sites for hydroxylation is 1. The van der Waals surface area contributed by atoms with Crippen molar-refractivity contribution in [2.24, 2.45) is 4.99 Å². The van der Waals surface area contributed by atoms with E-state index >= 15 is 0 Å². The topological polar surface area (TPSA) is 79.1 Å². The van der Waals surface area contributed by atoms with Gasteiger partial charge in [0.1, 0.15) is 23.6 Å². The van der Waals surface area contributed by atoms with Crippen molar-refractivity contribution in [2.45, 2.75) is 46.2 Å². The number of benzene rings is 1. The van der Waals surface area contributed by atoms with Crippen LogP contribution in [0.2, 0.25) is 0 Å². The van der Waals surface area contributed by atoms with Gasteiger partial charge in [-0.2, -0.15) is 0 Å². The third-order valence-electron chi connectivity index (χ3n) is 5.31. The van der Waals surface area contributed by atoms with Gasteiger partial charge in [-0.1, -0.05) is 12.1 Å². The molecular formula is C23H32N4O3. The van der Waals surface area contributed by atoms with E-state index in [2.05, 4.69) is 51.7 Å². The zero-order valence-corrected chi connectivity index (χ0v) is 18.3. The fraction of sp³-hybridized carbons (Fsp3) is 0.478. The van der Waals surface area contributed by atoms with Crippen LogP contribution in [0.3, 0.4) is 0 Å². The van der Waals surface area contributed by atoms with Crippen molar-refractivity contribution in [1.82, 2.24) is 10.6 Å². The van der Waals surface area contributed by atoms with E-state index in [-0.39, 0.29) is 6.04 Å². The molecule has 3 rings (SSSR count). The van der Waals surface area contributed by atoms with Gasteiger partial charge in [0, 0.05) is 25.3 Å². The third kappa shape index (κ3) is 5.34. The van der Waals surface area contributed by atoms with Gasteiger partial charge < -0.3 is 24.7 Å². The van der Waals surface area contributed by atoms with Crippen LogP contribution >= 0.6 is 0 Å². The number of carbonyl (C=O) groups excluding carboxylic acids is 1. The third-order valence-corrected chi connectivity index (χ3v) is 5.31. The van der Waals surface area contributed by atoms with Crippen molar-refractivity contribution in [1.29, 1.82) is 0 Å². The first-order chi connectivity index (χ1) is 14.5. The number of hydrogen-bond donors (Lipinski definition) is 2. The average Bonchev–Trinajstić information content (AvgIpc) is 3.41. The predicted octanol–water partition coefficient (Wildman–Crippen LogP) is 3.79. The Morgan fingerprint density at radius 3 is 2.77 bits per heavy atom. The Labute approximate surface area is 178 Å². The molecule has 1 aliphatic heterocycles. The molecule has 1 aliphatic rings. The van der Waals surface area contributed by atoms with Crippen molar-refractivity contribution in [2.75, 3.05) is 31.6 Å². The zero-order valence-electron chi connectivity index (χ0n) is 18.3. The van der Waals surface area contributed by atoms with E-state index in [4.69, 9.17) is 9.15 Å². The number of nitrogens with zero attached hydrogens (tertiary/aromatic N) is 2. The van der Waals surface area contributed by atoms with Gasteiger partial charge in [0.05, 0.1) is 13.2 Å². The molecule has 7 nitrogen and oxygen atoms in total.